The van der Waals surface area contributed by atoms with Gasteiger partial charge in [-0.15, -0.1) is 0 Å². The lowest BCUT2D eigenvalue weighted by Crippen LogP contribution is -2.21. The van der Waals surface area contributed by atoms with Crippen molar-refractivity contribution in [1.29, 1.82) is 0 Å². The van der Waals surface area contributed by atoms with Crippen molar-refractivity contribution in [3.63, 3.8) is 0 Å². The van der Waals surface area contributed by atoms with E-state index in [1.807, 2.05) is 0 Å². The summed E-state index contributed by atoms with van der Waals surface area (Å²) in [5.41, 5.74) is 1.56. The lowest BCUT2D eigenvalue weighted by Gasteiger charge is -2.21. The van der Waals surface area contributed by atoms with E-state index in [-0.39, 0.29) is 10.8 Å². The predicted molar refractivity (Wildman–Crippen MR) is 117 cm³/mol. The number of benzene rings is 2. The Labute approximate surface area is 178 Å². The highest BCUT2D eigenvalue weighted by atomic mass is 32.2. The number of aryl methyl sites for hydroxylation is 1. The predicted octanol–water partition coefficient (Wildman–Crippen LogP) is 4.57. The van der Waals surface area contributed by atoms with E-state index >= 15 is 0 Å². The minimum Gasteiger partial charge on any atom is -0.497 e. The molecule has 2 bridgehead atoms. The summed E-state index contributed by atoms with van der Waals surface area (Å²) in [6.45, 7) is 1.74. The zero-order valence-corrected chi connectivity index (χ0v) is 18.2. The Balaban J connectivity index is 1.45. The second kappa shape index (κ2) is 8.30. The van der Waals surface area contributed by atoms with E-state index in [1.54, 1.807) is 50.4 Å². The summed E-state index contributed by atoms with van der Waals surface area (Å²) < 4.78 is 33.5. The number of anilines is 2. The average Bonchev–Trinajstić information content (AvgIpc) is 3.33. The van der Waals surface area contributed by atoms with Gasteiger partial charge in [0.2, 0.25) is 5.91 Å². The molecule has 2 aromatic rings. The smallest absolute Gasteiger partial charge is 0.262 e. The van der Waals surface area contributed by atoms with Gasteiger partial charge < -0.3 is 10.1 Å². The van der Waals surface area contributed by atoms with E-state index in [2.05, 4.69) is 10.0 Å². The van der Waals surface area contributed by atoms with E-state index in [9.17, 15) is 13.2 Å². The second-order valence-corrected chi connectivity index (χ2v) is 10.2. The molecular formula is C23H28N2O4S. The van der Waals surface area contributed by atoms with Crippen LogP contribution >= 0.6 is 0 Å². The number of carbonyl (C=O) groups is 1. The number of fused-ring (bicyclic) bond motifs is 2. The normalized spacial score (nSPS) is 22.7. The monoisotopic (exact) mass is 428 g/mol. The fourth-order valence-corrected chi connectivity index (χ4v) is 6.24. The Hall–Kier alpha value is -2.54. The Morgan fingerprint density at radius 3 is 2.43 bits per heavy atom. The van der Waals surface area contributed by atoms with Crippen molar-refractivity contribution < 1.29 is 17.9 Å². The number of ether oxygens (including phenoxy) is 1. The van der Waals surface area contributed by atoms with E-state index in [1.165, 1.54) is 25.3 Å². The van der Waals surface area contributed by atoms with Gasteiger partial charge in [0.05, 0.1) is 12.0 Å². The number of sulfonamides is 1. The summed E-state index contributed by atoms with van der Waals surface area (Å²) in [6.07, 6.45) is 5.48. The third-order valence-electron chi connectivity index (χ3n) is 6.44. The van der Waals surface area contributed by atoms with Crippen molar-refractivity contribution in [3.8, 4) is 5.75 Å². The maximum Gasteiger partial charge on any atom is 0.262 e. The molecule has 2 aliphatic rings. The lowest BCUT2D eigenvalue weighted by molar-refractivity contribution is -0.117. The van der Waals surface area contributed by atoms with Crippen LogP contribution in [0.15, 0.2) is 47.4 Å². The van der Waals surface area contributed by atoms with Crippen LogP contribution in [-0.4, -0.2) is 21.4 Å². The van der Waals surface area contributed by atoms with Crippen molar-refractivity contribution in [2.45, 2.75) is 43.9 Å². The van der Waals surface area contributed by atoms with E-state index < -0.39 is 10.0 Å². The standard InChI is InChI=1S/C23H28N2O4S/c1-15-3-6-20(24-23(26)13-18-12-16-4-5-17(18)11-16)14-22(15)30(27,28)25-19-7-9-21(29-2)10-8-19/h3,6-10,14,16-18,25H,4-5,11-13H2,1-2H3,(H,24,26)/t16-,17-,18+/m0/s1. The number of nitrogens with one attached hydrogen (secondary N) is 2. The number of rotatable bonds is 7. The molecule has 7 heteroatoms. The van der Waals surface area contributed by atoms with Gasteiger partial charge in [-0.05, 0) is 85.9 Å². The van der Waals surface area contributed by atoms with Crippen LogP contribution in [0.4, 0.5) is 11.4 Å². The Bertz CT molecular complexity index is 1030. The molecule has 2 aromatic carbocycles. The zero-order valence-electron chi connectivity index (χ0n) is 17.4. The van der Waals surface area contributed by atoms with Gasteiger partial charge >= 0.3 is 0 Å². The molecule has 2 aliphatic carbocycles. The molecule has 1 amide bonds. The lowest BCUT2D eigenvalue weighted by atomic mass is 9.86. The van der Waals surface area contributed by atoms with Crippen molar-refractivity contribution in [2.24, 2.45) is 17.8 Å². The van der Waals surface area contributed by atoms with Gasteiger partial charge in [0.1, 0.15) is 5.75 Å². The highest BCUT2D eigenvalue weighted by Crippen LogP contribution is 2.49. The van der Waals surface area contributed by atoms with Crippen molar-refractivity contribution in [3.05, 3.63) is 48.0 Å². The molecule has 160 valence electrons. The first-order valence-electron chi connectivity index (χ1n) is 10.4. The number of amides is 1. The summed E-state index contributed by atoms with van der Waals surface area (Å²) in [6, 6.07) is 11.7. The van der Waals surface area contributed by atoms with Crippen molar-refractivity contribution in [2.75, 3.05) is 17.1 Å². The molecule has 0 aliphatic heterocycles. The number of hydrogen-bond donors (Lipinski definition) is 2. The van der Waals surface area contributed by atoms with Crippen LogP contribution in [0, 0.1) is 24.7 Å². The van der Waals surface area contributed by atoms with Gasteiger partial charge in [0.25, 0.3) is 10.0 Å². The maximum absolute atomic E-state index is 12.9. The van der Waals surface area contributed by atoms with Crippen molar-refractivity contribution in [1.82, 2.24) is 0 Å². The minimum absolute atomic E-state index is 0.0390. The van der Waals surface area contributed by atoms with Gasteiger partial charge in [-0.1, -0.05) is 12.5 Å². The van der Waals surface area contributed by atoms with E-state index in [0.717, 1.165) is 12.3 Å². The van der Waals surface area contributed by atoms with Gasteiger partial charge in [-0.2, -0.15) is 0 Å². The molecule has 30 heavy (non-hydrogen) atoms. The Kier molecular flexibility index (Phi) is 5.73. The average molecular weight is 429 g/mol. The van der Waals surface area contributed by atoms with E-state index in [0.29, 0.717) is 40.9 Å². The quantitative estimate of drug-likeness (QED) is 0.677. The molecule has 0 saturated heterocycles. The maximum atomic E-state index is 12.9. The van der Waals surface area contributed by atoms with Gasteiger partial charge in [-0.3, -0.25) is 9.52 Å². The first kappa shape index (κ1) is 20.7. The fourth-order valence-electron chi connectivity index (χ4n) is 4.91. The van der Waals surface area contributed by atoms with Crippen LogP contribution in [0.3, 0.4) is 0 Å². The summed E-state index contributed by atoms with van der Waals surface area (Å²) in [7, 11) is -2.24. The molecule has 4 rings (SSSR count). The Morgan fingerprint density at radius 2 is 1.80 bits per heavy atom. The molecule has 2 fully saturated rings. The first-order chi connectivity index (χ1) is 14.3. The molecule has 0 unspecified atom stereocenters. The molecule has 0 radical (unpaired) electrons. The molecule has 0 aromatic heterocycles. The zero-order chi connectivity index (χ0) is 21.3. The van der Waals surface area contributed by atoms with Crippen LogP contribution in [0.2, 0.25) is 0 Å². The molecular weight excluding hydrogens is 400 g/mol. The number of hydrogen-bond acceptors (Lipinski definition) is 4. The van der Waals surface area contributed by atoms with Gasteiger partial charge in [0, 0.05) is 17.8 Å². The molecule has 6 nitrogen and oxygen atoms in total. The molecule has 2 N–H and O–H groups in total. The topological polar surface area (TPSA) is 84.5 Å². The summed E-state index contributed by atoms with van der Waals surface area (Å²) >= 11 is 0. The SMILES string of the molecule is COc1ccc(NS(=O)(=O)c2cc(NC(=O)C[C@H]3C[C@H]4CC[C@H]3C4)ccc2C)cc1. The largest absolute Gasteiger partial charge is 0.497 e. The van der Waals surface area contributed by atoms with Gasteiger partial charge in [0.15, 0.2) is 0 Å². The molecule has 3 atom stereocenters. The summed E-state index contributed by atoms with van der Waals surface area (Å²) in [5.74, 6) is 2.56. The molecule has 0 spiro atoms. The minimum atomic E-state index is -3.79. The van der Waals surface area contributed by atoms with E-state index in [4.69, 9.17) is 4.74 Å². The van der Waals surface area contributed by atoms with Crippen LogP contribution in [0.1, 0.15) is 37.7 Å². The van der Waals surface area contributed by atoms with Gasteiger partial charge in [-0.25, -0.2) is 8.42 Å². The molecule has 0 heterocycles. The van der Waals surface area contributed by atoms with Crippen LogP contribution in [-0.2, 0) is 14.8 Å². The summed E-state index contributed by atoms with van der Waals surface area (Å²) in [4.78, 5) is 12.7. The highest BCUT2D eigenvalue weighted by Gasteiger charge is 2.40. The number of methoxy groups -OCH3 is 1. The Morgan fingerprint density at radius 1 is 1.07 bits per heavy atom. The van der Waals surface area contributed by atoms with Crippen molar-refractivity contribution >= 4 is 27.3 Å². The van der Waals surface area contributed by atoms with Crippen LogP contribution < -0.4 is 14.8 Å². The second-order valence-electron chi connectivity index (χ2n) is 8.50. The third-order valence-corrected chi connectivity index (χ3v) is 7.96. The number of carbonyl (C=O) groups excluding carboxylic acids is 1. The first-order valence-corrected chi connectivity index (χ1v) is 11.9. The van der Waals surface area contributed by atoms with Crippen LogP contribution in [0.25, 0.3) is 0 Å². The summed E-state index contributed by atoms with van der Waals surface area (Å²) in [5, 5.41) is 2.90. The third kappa shape index (κ3) is 4.46. The van der Waals surface area contributed by atoms with Crippen LogP contribution in [0.5, 0.6) is 5.75 Å². The molecule has 2 saturated carbocycles. The fraction of sp³-hybridized carbons (Fsp3) is 0.435. The highest BCUT2D eigenvalue weighted by molar-refractivity contribution is 7.92.